The van der Waals surface area contributed by atoms with Crippen LogP contribution in [0, 0.1) is 38.2 Å². The molecule has 2 unspecified atom stereocenters. The number of anilines is 1. The Labute approximate surface area is 176 Å². The minimum Gasteiger partial charge on any atom is -0.355 e. The zero-order valence-electron chi connectivity index (χ0n) is 16.1. The van der Waals surface area contributed by atoms with Crippen LogP contribution in [0.3, 0.4) is 0 Å². The number of rotatable bonds is 6. The maximum absolute atomic E-state index is 9.12. The molecule has 2 N–H and O–H groups in total. The SMILES string of the molecule is CCCCc1ccc(N/C(=N/C#N)NCC23CC4CC(CC2C4)C3)cc1I. The fraction of sp³-hybridized carbons (Fsp3) is 0.636. The van der Waals surface area contributed by atoms with Crippen molar-refractivity contribution in [3.63, 3.8) is 0 Å². The lowest BCUT2D eigenvalue weighted by Crippen LogP contribution is -2.41. The number of halogens is 1. The molecule has 5 heteroatoms. The summed E-state index contributed by atoms with van der Waals surface area (Å²) in [5.41, 5.74) is 2.84. The zero-order chi connectivity index (χ0) is 18.9. The van der Waals surface area contributed by atoms with Gasteiger partial charge >= 0.3 is 0 Å². The largest absolute Gasteiger partial charge is 0.355 e. The number of aryl methyl sites for hydroxylation is 1. The molecule has 0 aliphatic heterocycles. The van der Waals surface area contributed by atoms with Gasteiger partial charge in [0.15, 0.2) is 0 Å². The Bertz CT molecular complexity index is 752. The first-order valence-electron chi connectivity index (χ1n) is 10.4. The molecule has 4 saturated carbocycles. The molecule has 27 heavy (non-hydrogen) atoms. The predicted molar refractivity (Wildman–Crippen MR) is 118 cm³/mol. The lowest BCUT2D eigenvalue weighted by atomic mass is 9.75. The second-order valence-corrected chi connectivity index (χ2v) is 10.0. The van der Waals surface area contributed by atoms with Crippen LogP contribution in [0.1, 0.15) is 57.4 Å². The van der Waals surface area contributed by atoms with E-state index >= 15 is 0 Å². The van der Waals surface area contributed by atoms with Gasteiger partial charge in [-0.3, -0.25) is 0 Å². The smallest absolute Gasteiger partial charge is 0.211 e. The quantitative estimate of drug-likeness (QED) is 0.254. The van der Waals surface area contributed by atoms with Gasteiger partial charge in [0.25, 0.3) is 0 Å². The molecule has 4 bridgehead atoms. The van der Waals surface area contributed by atoms with E-state index in [1.54, 1.807) is 0 Å². The fourth-order valence-electron chi connectivity index (χ4n) is 6.01. The summed E-state index contributed by atoms with van der Waals surface area (Å²) in [4.78, 5) is 4.02. The Morgan fingerprint density at radius 2 is 2.07 bits per heavy atom. The third-order valence-electron chi connectivity index (χ3n) is 7.04. The summed E-state index contributed by atoms with van der Waals surface area (Å²) < 4.78 is 1.27. The molecule has 4 aliphatic rings. The van der Waals surface area contributed by atoms with Gasteiger partial charge in [0.2, 0.25) is 12.2 Å². The van der Waals surface area contributed by atoms with E-state index in [0.717, 1.165) is 36.4 Å². The average Bonchev–Trinajstić information content (AvgIpc) is 3.03. The van der Waals surface area contributed by atoms with Crippen molar-refractivity contribution in [2.75, 3.05) is 11.9 Å². The number of aliphatic imine (C=N–C) groups is 1. The molecule has 5 rings (SSSR count). The van der Waals surface area contributed by atoms with E-state index in [0.29, 0.717) is 11.4 Å². The number of benzene rings is 1. The maximum Gasteiger partial charge on any atom is 0.211 e. The maximum atomic E-state index is 9.12. The highest BCUT2D eigenvalue weighted by atomic mass is 127. The first-order chi connectivity index (χ1) is 13.1. The van der Waals surface area contributed by atoms with Crippen LogP contribution in [-0.4, -0.2) is 12.5 Å². The lowest BCUT2D eigenvalue weighted by molar-refractivity contribution is 0.202. The number of unbranched alkanes of at least 4 members (excludes halogenated alkanes) is 1. The lowest BCUT2D eigenvalue weighted by Gasteiger charge is -2.33. The summed E-state index contributed by atoms with van der Waals surface area (Å²) in [6.45, 7) is 3.17. The predicted octanol–water partition coefficient (Wildman–Crippen LogP) is 5.30. The molecule has 2 atom stereocenters. The van der Waals surface area contributed by atoms with Gasteiger partial charge < -0.3 is 10.6 Å². The Hall–Kier alpha value is -1.29. The minimum absolute atomic E-state index is 0.448. The monoisotopic (exact) mass is 476 g/mol. The van der Waals surface area contributed by atoms with E-state index in [1.165, 1.54) is 54.1 Å². The fourth-order valence-corrected chi connectivity index (χ4v) is 6.79. The van der Waals surface area contributed by atoms with Gasteiger partial charge in [0.1, 0.15) is 0 Å². The molecule has 0 heterocycles. The van der Waals surface area contributed by atoms with Crippen molar-refractivity contribution in [1.29, 1.82) is 5.26 Å². The summed E-state index contributed by atoms with van der Waals surface area (Å²) in [6, 6.07) is 6.45. The van der Waals surface area contributed by atoms with E-state index < -0.39 is 0 Å². The van der Waals surface area contributed by atoms with Crippen molar-refractivity contribution in [2.45, 2.75) is 58.3 Å². The number of nitriles is 1. The Balaban J connectivity index is 1.40. The Morgan fingerprint density at radius 3 is 2.74 bits per heavy atom. The first-order valence-corrected chi connectivity index (χ1v) is 11.5. The number of guanidine groups is 1. The molecular formula is C22H29IN4. The zero-order valence-corrected chi connectivity index (χ0v) is 18.3. The average molecular weight is 476 g/mol. The first kappa shape index (κ1) is 19.0. The van der Waals surface area contributed by atoms with Crippen molar-refractivity contribution in [3.8, 4) is 6.19 Å². The summed E-state index contributed by atoms with van der Waals surface area (Å²) in [7, 11) is 0. The standard InChI is InChI=1S/C22H29IN4/c1-2-3-4-17-5-6-19(10-20(17)23)27-21(26-14-24)25-13-22-11-15-7-16(12-22)9-18(22)8-15/h5-6,10,15-16,18H,2-4,7-9,11-13H2,1H3,(H2,25,26,27). The molecule has 0 radical (unpaired) electrons. The molecule has 0 saturated heterocycles. The van der Waals surface area contributed by atoms with Crippen LogP contribution in [0.25, 0.3) is 0 Å². The van der Waals surface area contributed by atoms with Gasteiger partial charge in [0.05, 0.1) is 0 Å². The van der Waals surface area contributed by atoms with E-state index in [9.17, 15) is 0 Å². The highest BCUT2D eigenvalue weighted by Gasteiger charge is 2.57. The molecule has 1 aromatic rings. The molecule has 4 aliphatic carbocycles. The molecule has 0 amide bonds. The normalized spacial score (nSPS) is 31.1. The summed E-state index contributed by atoms with van der Waals surface area (Å²) in [5, 5.41) is 16.0. The summed E-state index contributed by atoms with van der Waals surface area (Å²) in [6.07, 6.45) is 12.5. The molecule has 4 nitrogen and oxygen atoms in total. The highest BCUT2D eigenvalue weighted by Crippen LogP contribution is 2.65. The van der Waals surface area contributed by atoms with Gasteiger partial charge in [-0.15, -0.1) is 4.99 Å². The number of hydrogen-bond donors (Lipinski definition) is 2. The minimum atomic E-state index is 0.448. The van der Waals surface area contributed by atoms with Crippen molar-refractivity contribution in [1.82, 2.24) is 5.32 Å². The summed E-state index contributed by atoms with van der Waals surface area (Å²) in [5.74, 6) is 3.38. The van der Waals surface area contributed by atoms with Crippen LogP contribution < -0.4 is 10.6 Å². The third kappa shape index (κ3) is 3.96. The van der Waals surface area contributed by atoms with Gasteiger partial charge in [-0.1, -0.05) is 19.4 Å². The van der Waals surface area contributed by atoms with Gasteiger partial charge in [-0.2, -0.15) is 5.26 Å². The molecule has 1 aromatic carbocycles. The molecule has 144 valence electrons. The Morgan fingerprint density at radius 1 is 1.30 bits per heavy atom. The van der Waals surface area contributed by atoms with Gasteiger partial charge in [0, 0.05) is 15.8 Å². The topological polar surface area (TPSA) is 60.2 Å². The van der Waals surface area contributed by atoms with E-state index in [1.807, 2.05) is 6.19 Å². The van der Waals surface area contributed by atoms with Crippen LogP contribution in [0.4, 0.5) is 5.69 Å². The van der Waals surface area contributed by atoms with Crippen molar-refractivity contribution in [2.24, 2.45) is 28.2 Å². The number of hydrogen-bond acceptors (Lipinski definition) is 2. The van der Waals surface area contributed by atoms with Gasteiger partial charge in [-0.25, -0.2) is 0 Å². The van der Waals surface area contributed by atoms with Crippen LogP contribution in [0.5, 0.6) is 0 Å². The van der Waals surface area contributed by atoms with Crippen LogP contribution >= 0.6 is 22.6 Å². The summed E-state index contributed by atoms with van der Waals surface area (Å²) >= 11 is 2.41. The molecular weight excluding hydrogens is 447 g/mol. The molecule has 0 spiro atoms. The van der Waals surface area contributed by atoms with E-state index in [2.05, 4.69) is 63.3 Å². The molecule has 4 fully saturated rings. The van der Waals surface area contributed by atoms with E-state index in [-0.39, 0.29) is 0 Å². The van der Waals surface area contributed by atoms with Crippen LogP contribution in [0.15, 0.2) is 23.2 Å². The van der Waals surface area contributed by atoms with Crippen molar-refractivity contribution < 1.29 is 0 Å². The van der Waals surface area contributed by atoms with Gasteiger partial charge in [-0.05, 0) is 108 Å². The third-order valence-corrected chi connectivity index (χ3v) is 8.05. The van der Waals surface area contributed by atoms with Crippen LogP contribution in [0.2, 0.25) is 0 Å². The Kier molecular flexibility index (Phi) is 5.63. The van der Waals surface area contributed by atoms with Crippen molar-refractivity contribution >= 4 is 34.2 Å². The molecule has 0 aromatic heterocycles. The van der Waals surface area contributed by atoms with Crippen molar-refractivity contribution in [3.05, 3.63) is 27.3 Å². The second-order valence-electron chi connectivity index (χ2n) is 8.86. The highest BCUT2D eigenvalue weighted by molar-refractivity contribution is 14.1. The van der Waals surface area contributed by atoms with E-state index in [4.69, 9.17) is 5.26 Å². The number of nitrogens with one attached hydrogen (secondary N) is 2. The number of nitrogens with zero attached hydrogens (tertiary/aromatic N) is 2. The second kappa shape index (κ2) is 7.98. The van der Waals surface area contributed by atoms with Crippen LogP contribution in [-0.2, 0) is 6.42 Å².